The van der Waals surface area contributed by atoms with E-state index in [4.69, 9.17) is 0 Å². The third-order valence-corrected chi connectivity index (χ3v) is 2.84. The van der Waals surface area contributed by atoms with Gasteiger partial charge in [-0.05, 0) is 38.2 Å². The standard InChI is InChI=1S/C14H17FN4O/c1-16-6-2-3-14(20)18-11-4-5-13(12(15)9-11)19-8-7-17-10-19/h4-5,7-10,16H,2-3,6H2,1H3,(H,18,20). The fourth-order valence-corrected chi connectivity index (χ4v) is 1.84. The van der Waals surface area contributed by atoms with E-state index >= 15 is 0 Å². The van der Waals surface area contributed by atoms with E-state index in [1.165, 1.54) is 12.4 Å². The largest absolute Gasteiger partial charge is 0.326 e. The molecule has 0 fully saturated rings. The molecule has 20 heavy (non-hydrogen) atoms. The molecular formula is C14H17FN4O. The minimum atomic E-state index is -0.406. The number of benzene rings is 1. The van der Waals surface area contributed by atoms with E-state index in [9.17, 15) is 9.18 Å². The summed E-state index contributed by atoms with van der Waals surface area (Å²) in [7, 11) is 1.84. The average molecular weight is 276 g/mol. The molecule has 1 aromatic carbocycles. The van der Waals surface area contributed by atoms with E-state index in [0.717, 1.165) is 13.0 Å². The molecule has 6 heteroatoms. The van der Waals surface area contributed by atoms with Gasteiger partial charge in [-0.25, -0.2) is 9.37 Å². The van der Waals surface area contributed by atoms with Crippen LogP contribution in [0.4, 0.5) is 10.1 Å². The van der Waals surface area contributed by atoms with Crippen LogP contribution in [0.15, 0.2) is 36.9 Å². The molecule has 0 bridgehead atoms. The quantitative estimate of drug-likeness (QED) is 0.793. The molecule has 0 unspecified atom stereocenters. The third-order valence-electron chi connectivity index (χ3n) is 2.84. The van der Waals surface area contributed by atoms with E-state index < -0.39 is 5.82 Å². The molecule has 0 aliphatic rings. The summed E-state index contributed by atoms with van der Waals surface area (Å²) in [6.45, 7) is 0.779. The summed E-state index contributed by atoms with van der Waals surface area (Å²) in [5.41, 5.74) is 0.858. The Hall–Kier alpha value is -2.21. The molecule has 0 radical (unpaired) electrons. The van der Waals surface area contributed by atoms with Crippen LogP contribution in [0.5, 0.6) is 0 Å². The number of hydrogen-bond donors (Lipinski definition) is 2. The van der Waals surface area contributed by atoms with Crippen molar-refractivity contribution in [3.63, 3.8) is 0 Å². The Labute approximate surface area is 116 Å². The van der Waals surface area contributed by atoms with Crippen molar-refractivity contribution in [3.8, 4) is 5.69 Å². The minimum Gasteiger partial charge on any atom is -0.326 e. The van der Waals surface area contributed by atoms with Gasteiger partial charge in [0.25, 0.3) is 0 Å². The molecule has 0 saturated heterocycles. The number of hydrogen-bond acceptors (Lipinski definition) is 3. The highest BCUT2D eigenvalue weighted by Gasteiger charge is 2.07. The maximum Gasteiger partial charge on any atom is 0.224 e. The lowest BCUT2D eigenvalue weighted by molar-refractivity contribution is -0.116. The summed E-state index contributed by atoms with van der Waals surface area (Å²) >= 11 is 0. The van der Waals surface area contributed by atoms with Gasteiger partial charge in [0, 0.05) is 24.5 Å². The van der Waals surface area contributed by atoms with Gasteiger partial charge in [0.05, 0.1) is 12.0 Å². The Bertz CT molecular complexity index is 569. The Kier molecular flexibility index (Phi) is 4.84. The number of anilines is 1. The molecule has 0 saturated carbocycles. The molecule has 5 nitrogen and oxygen atoms in total. The van der Waals surface area contributed by atoms with Gasteiger partial charge in [0.2, 0.25) is 5.91 Å². The summed E-state index contributed by atoms with van der Waals surface area (Å²) in [6.07, 6.45) is 5.92. The molecule has 2 N–H and O–H groups in total. The zero-order valence-corrected chi connectivity index (χ0v) is 11.3. The first kappa shape index (κ1) is 14.2. The van der Waals surface area contributed by atoms with Crippen LogP contribution in [-0.2, 0) is 4.79 Å². The lowest BCUT2D eigenvalue weighted by atomic mass is 10.2. The topological polar surface area (TPSA) is 59.0 Å². The van der Waals surface area contributed by atoms with Crippen LogP contribution < -0.4 is 10.6 Å². The van der Waals surface area contributed by atoms with Gasteiger partial charge in [0.1, 0.15) is 5.82 Å². The summed E-state index contributed by atoms with van der Waals surface area (Å²) < 4.78 is 15.5. The van der Waals surface area contributed by atoms with E-state index in [-0.39, 0.29) is 5.91 Å². The number of nitrogens with zero attached hydrogens (tertiary/aromatic N) is 2. The van der Waals surface area contributed by atoms with Crippen LogP contribution in [0, 0.1) is 5.82 Å². The smallest absolute Gasteiger partial charge is 0.224 e. The highest BCUT2D eigenvalue weighted by atomic mass is 19.1. The number of aromatic nitrogens is 2. The Morgan fingerprint density at radius 3 is 2.95 bits per heavy atom. The second-order valence-corrected chi connectivity index (χ2v) is 4.39. The summed E-state index contributed by atoms with van der Waals surface area (Å²) in [4.78, 5) is 15.5. The van der Waals surface area contributed by atoms with Gasteiger partial charge >= 0.3 is 0 Å². The fourth-order valence-electron chi connectivity index (χ4n) is 1.84. The van der Waals surface area contributed by atoms with E-state index in [1.54, 1.807) is 29.1 Å². The number of carbonyl (C=O) groups excluding carboxylic acids is 1. The van der Waals surface area contributed by atoms with Crippen molar-refractivity contribution < 1.29 is 9.18 Å². The summed E-state index contributed by atoms with van der Waals surface area (Å²) in [5, 5.41) is 5.65. The summed E-state index contributed by atoms with van der Waals surface area (Å²) in [5.74, 6) is -0.522. The lowest BCUT2D eigenvalue weighted by Gasteiger charge is -2.08. The normalized spacial score (nSPS) is 10.5. The van der Waals surface area contributed by atoms with Crippen LogP contribution >= 0.6 is 0 Å². The first-order valence-corrected chi connectivity index (χ1v) is 6.43. The van der Waals surface area contributed by atoms with Crippen molar-refractivity contribution in [2.75, 3.05) is 18.9 Å². The molecule has 2 rings (SSSR count). The highest BCUT2D eigenvalue weighted by molar-refractivity contribution is 5.90. The molecular weight excluding hydrogens is 259 g/mol. The van der Waals surface area contributed by atoms with Crippen molar-refractivity contribution >= 4 is 11.6 Å². The zero-order chi connectivity index (χ0) is 14.4. The van der Waals surface area contributed by atoms with Crippen molar-refractivity contribution in [2.24, 2.45) is 0 Å². The molecule has 106 valence electrons. The van der Waals surface area contributed by atoms with Gasteiger partial charge < -0.3 is 15.2 Å². The zero-order valence-electron chi connectivity index (χ0n) is 11.3. The van der Waals surface area contributed by atoms with Gasteiger partial charge in [0.15, 0.2) is 0 Å². The highest BCUT2D eigenvalue weighted by Crippen LogP contribution is 2.18. The molecule has 0 aliphatic heterocycles. The van der Waals surface area contributed by atoms with E-state index in [1.807, 2.05) is 7.05 Å². The number of rotatable bonds is 6. The van der Waals surface area contributed by atoms with Crippen LogP contribution in [0.25, 0.3) is 5.69 Å². The van der Waals surface area contributed by atoms with Crippen molar-refractivity contribution in [1.29, 1.82) is 0 Å². The van der Waals surface area contributed by atoms with Crippen LogP contribution in [-0.4, -0.2) is 29.1 Å². The average Bonchev–Trinajstić information content (AvgIpc) is 2.93. The number of nitrogens with one attached hydrogen (secondary N) is 2. The molecule has 0 spiro atoms. The number of carbonyl (C=O) groups is 1. The second kappa shape index (κ2) is 6.81. The van der Waals surface area contributed by atoms with E-state index in [2.05, 4.69) is 15.6 Å². The van der Waals surface area contributed by atoms with Crippen molar-refractivity contribution in [2.45, 2.75) is 12.8 Å². The predicted octanol–water partition coefficient (Wildman–Crippen LogP) is 1.95. The number of halogens is 1. The fraction of sp³-hybridized carbons (Fsp3) is 0.286. The molecule has 0 atom stereocenters. The molecule has 1 heterocycles. The van der Waals surface area contributed by atoms with Crippen molar-refractivity contribution in [1.82, 2.24) is 14.9 Å². The maximum absolute atomic E-state index is 14.0. The maximum atomic E-state index is 14.0. The molecule has 0 aliphatic carbocycles. The van der Waals surface area contributed by atoms with Gasteiger partial charge in [-0.15, -0.1) is 0 Å². The van der Waals surface area contributed by atoms with Crippen LogP contribution in [0.1, 0.15) is 12.8 Å². The van der Waals surface area contributed by atoms with Gasteiger partial charge in [-0.3, -0.25) is 4.79 Å². The Morgan fingerprint density at radius 2 is 2.30 bits per heavy atom. The Morgan fingerprint density at radius 1 is 1.45 bits per heavy atom. The first-order valence-electron chi connectivity index (χ1n) is 6.43. The Balaban J connectivity index is 2.00. The lowest BCUT2D eigenvalue weighted by Crippen LogP contribution is -2.15. The second-order valence-electron chi connectivity index (χ2n) is 4.39. The van der Waals surface area contributed by atoms with Gasteiger partial charge in [-0.1, -0.05) is 0 Å². The van der Waals surface area contributed by atoms with Gasteiger partial charge in [-0.2, -0.15) is 0 Å². The van der Waals surface area contributed by atoms with Crippen LogP contribution in [0.3, 0.4) is 0 Å². The SMILES string of the molecule is CNCCCC(=O)Nc1ccc(-n2ccnc2)c(F)c1. The number of imidazole rings is 1. The third kappa shape index (κ3) is 3.64. The molecule has 1 amide bonds. The summed E-state index contributed by atoms with van der Waals surface area (Å²) in [6, 6.07) is 4.60. The number of amides is 1. The minimum absolute atomic E-state index is 0.116. The predicted molar refractivity (Wildman–Crippen MR) is 75.3 cm³/mol. The van der Waals surface area contributed by atoms with Crippen LogP contribution in [0.2, 0.25) is 0 Å². The molecule has 1 aromatic heterocycles. The van der Waals surface area contributed by atoms with Crippen molar-refractivity contribution in [3.05, 3.63) is 42.7 Å². The molecule has 2 aromatic rings. The first-order chi connectivity index (χ1) is 9.70. The monoisotopic (exact) mass is 276 g/mol. The van der Waals surface area contributed by atoms with E-state index in [0.29, 0.717) is 17.8 Å².